The van der Waals surface area contributed by atoms with Gasteiger partial charge < -0.3 is 15.4 Å². The van der Waals surface area contributed by atoms with E-state index >= 15 is 0 Å². The maximum absolute atomic E-state index is 14.4. The third kappa shape index (κ3) is 7.06. The minimum Gasteiger partial charge on any atom is -0.443 e. The smallest absolute Gasteiger partial charge is 0.324 e. The van der Waals surface area contributed by atoms with E-state index in [1.807, 2.05) is 20.8 Å². The predicted molar refractivity (Wildman–Crippen MR) is 116 cm³/mol. The van der Waals surface area contributed by atoms with E-state index in [1.54, 1.807) is 25.5 Å². The highest BCUT2D eigenvalue weighted by Gasteiger charge is 2.21. The molecular formula is C21H26F2N4O4S. The Morgan fingerprint density at radius 3 is 2.41 bits per heavy atom. The maximum Gasteiger partial charge on any atom is 0.324 e. The number of aromatic nitrogens is 1. The number of amides is 2. The van der Waals surface area contributed by atoms with Crippen LogP contribution in [0.2, 0.25) is 0 Å². The van der Waals surface area contributed by atoms with Gasteiger partial charge in [-0.1, -0.05) is 20.8 Å². The van der Waals surface area contributed by atoms with Crippen LogP contribution in [0, 0.1) is 17.0 Å². The third-order valence-corrected chi connectivity index (χ3v) is 5.03. The van der Waals surface area contributed by atoms with Gasteiger partial charge in [0.25, 0.3) is 5.91 Å². The van der Waals surface area contributed by atoms with Crippen LogP contribution in [0.15, 0.2) is 28.7 Å². The van der Waals surface area contributed by atoms with Crippen LogP contribution in [0.25, 0.3) is 0 Å². The van der Waals surface area contributed by atoms with Crippen LogP contribution in [-0.2, 0) is 21.1 Å². The van der Waals surface area contributed by atoms with Crippen molar-refractivity contribution >= 4 is 34.8 Å². The molecule has 0 bridgehead atoms. The van der Waals surface area contributed by atoms with Crippen molar-refractivity contribution in [3.63, 3.8) is 0 Å². The van der Waals surface area contributed by atoms with E-state index in [0.29, 0.717) is 0 Å². The number of hydrogen-bond acceptors (Lipinski definition) is 6. The Hall–Kier alpha value is -2.92. The van der Waals surface area contributed by atoms with Gasteiger partial charge in [-0.2, -0.15) is 4.99 Å². The number of thiazole rings is 1. The Bertz CT molecular complexity index is 1050. The molecule has 2 amide bonds. The summed E-state index contributed by atoms with van der Waals surface area (Å²) in [7, 11) is 1.61. The van der Waals surface area contributed by atoms with E-state index in [2.05, 4.69) is 15.6 Å². The summed E-state index contributed by atoms with van der Waals surface area (Å²) in [6.45, 7) is 6.92. The first-order chi connectivity index (χ1) is 14.9. The summed E-state index contributed by atoms with van der Waals surface area (Å²) in [5.74, 6) is -4.08. The van der Waals surface area contributed by atoms with Gasteiger partial charge in [0.05, 0.1) is 0 Å². The van der Waals surface area contributed by atoms with Crippen molar-refractivity contribution < 1.29 is 27.9 Å². The molecule has 2 N–H and O–H groups in total. The fraction of sp³-hybridized carbons (Fsp3) is 0.429. The van der Waals surface area contributed by atoms with E-state index < -0.39 is 41.1 Å². The largest absolute Gasteiger partial charge is 0.443 e. The number of rotatable bonds is 7. The second-order valence-corrected chi connectivity index (χ2v) is 9.15. The average Bonchev–Trinajstić information content (AvgIpc) is 3.13. The number of carbonyl (C=O) groups excluding carboxylic acids is 3. The van der Waals surface area contributed by atoms with Crippen LogP contribution >= 0.6 is 11.3 Å². The van der Waals surface area contributed by atoms with Crippen molar-refractivity contribution in [1.82, 2.24) is 9.88 Å². The molecular weight excluding hydrogens is 442 g/mol. The zero-order valence-corrected chi connectivity index (χ0v) is 19.3. The van der Waals surface area contributed by atoms with Crippen molar-refractivity contribution in [2.75, 3.05) is 12.4 Å². The highest BCUT2D eigenvalue weighted by atomic mass is 32.1. The average molecular weight is 469 g/mol. The first kappa shape index (κ1) is 25.3. The monoisotopic (exact) mass is 468 g/mol. The normalized spacial score (nSPS) is 13.0. The number of esters is 1. The van der Waals surface area contributed by atoms with Crippen molar-refractivity contribution in [2.45, 2.75) is 46.9 Å². The maximum atomic E-state index is 14.4. The summed E-state index contributed by atoms with van der Waals surface area (Å²) >= 11 is 1.09. The molecule has 2 rings (SSSR count). The van der Waals surface area contributed by atoms with Crippen LogP contribution < -0.4 is 15.4 Å². The molecule has 0 fully saturated rings. The second-order valence-electron chi connectivity index (χ2n) is 8.28. The first-order valence-electron chi connectivity index (χ1n) is 9.77. The molecule has 0 saturated carbocycles. The number of benzene rings is 1. The molecule has 32 heavy (non-hydrogen) atoms. The number of ether oxygens (including phenoxy) is 1. The standard InChI is InChI=1S/C21H26F2N4O4S/c1-12(24-5)19(30)31-11-27-6-7-32-20(27)26-18(29)13-8-14(22)17(15(23)9-13)25-16(28)10-21(2,3)4/h6-9,12,24H,10-11H2,1-5H3,(H,25,28)/t12-/m0/s1. The van der Waals surface area contributed by atoms with E-state index in [0.717, 1.165) is 23.5 Å². The molecule has 0 aliphatic heterocycles. The second kappa shape index (κ2) is 10.6. The molecule has 1 aromatic carbocycles. The molecule has 174 valence electrons. The Kier molecular flexibility index (Phi) is 8.39. The van der Waals surface area contributed by atoms with Crippen molar-refractivity contribution in [3.05, 3.63) is 45.7 Å². The Morgan fingerprint density at radius 1 is 1.22 bits per heavy atom. The van der Waals surface area contributed by atoms with E-state index in [1.165, 1.54) is 4.57 Å². The van der Waals surface area contributed by atoms with Crippen LogP contribution in [0.3, 0.4) is 0 Å². The fourth-order valence-electron chi connectivity index (χ4n) is 2.49. The van der Waals surface area contributed by atoms with Gasteiger partial charge in [-0.15, -0.1) is 11.3 Å². The predicted octanol–water partition coefficient (Wildman–Crippen LogP) is 3.05. The number of nitrogens with zero attached hydrogens (tertiary/aromatic N) is 2. The lowest BCUT2D eigenvalue weighted by molar-refractivity contribution is -0.149. The highest BCUT2D eigenvalue weighted by Crippen LogP contribution is 2.24. The van der Waals surface area contributed by atoms with Crippen molar-refractivity contribution in [3.8, 4) is 0 Å². The number of nitrogens with one attached hydrogen (secondary N) is 2. The van der Waals surface area contributed by atoms with Gasteiger partial charge in [-0.3, -0.25) is 19.0 Å². The minimum absolute atomic E-state index is 0.0674. The van der Waals surface area contributed by atoms with Gasteiger partial charge in [0, 0.05) is 23.6 Å². The molecule has 1 atom stereocenters. The molecule has 0 spiro atoms. The lowest BCUT2D eigenvalue weighted by Gasteiger charge is -2.17. The van der Waals surface area contributed by atoms with Gasteiger partial charge in [0.2, 0.25) is 5.91 Å². The highest BCUT2D eigenvalue weighted by molar-refractivity contribution is 7.07. The Balaban J connectivity index is 2.19. The van der Waals surface area contributed by atoms with Crippen molar-refractivity contribution in [2.24, 2.45) is 10.4 Å². The van der Waals surface area contributed by atoms with E-state index in [-0.39, 0.29) is 28.9 Å². The fourth-order valence-corrected chi connectivity index (χ4v) is 3.21. The van der Waals surface area contributed by atoms with Crippen LogP contribution in [0.5, 0.6) is 0 Å². The third-order valence-electron chi connectivity index (χ3n) is 4.23. The molecule has 1 aromatic heterocycles. The molecule has 8 nitrogen and oxygen atoms in total. The molecule has 11 heteroatoms. The number of hydrogen-bond donors (Lipinski definition) is 2. The van der Waals surface area contributed by atoms with Crippen LogP contribution in [0.4, 0.5) is 14.5 Å². The minimum atomic E-state index is -1.08. The summed E-state index contributed by atoms with van der Waals surface area (Å²) in [6, 6.07) is 1.12. The summed E-state index contributed by atoms with van der Waals surface area (Å²) in [5.41, 5.74) is -1.30. The number of anilines is 1. The molecule has 2 aromatic rings. The number of halogens is 2. The molecule has 0 aliphatic carbocycles. The quantitative estimate of drug-likeness (QED) is 0.608. The summed E-state index contributed by atoms with van der Waals surface area (Å²) in [6.07, 6.45) is 1.63. The van der Waals surface area contributed by atoms with Gasteiger partial charge in [-0.05, 0) is 31.5 Å². The zero-order valence-electron chi connectivity index (χ0n) is 18.5. The lowest BCUT2D eigenvalue weighted by atomic mass is 9.92. The molecule has 0 saturated heterocycles. The van der Waals surface area contributed by atoms with Gasteiger partial charge in [0.15, 0.2) is 23.2 Å². The van der Waals surface area contributed by atoms with Gasteiger partial charge in [-0.25, -0.2) is 8.78 Å². The SMILES string of the molecule is CN[C@@H](C)C(=O)OCn1ccsc1=NC(=O)c1cc(F)c(NC(=O)CC(C)(C)C)c(F)c1. The molecule has 0 aliphatic rings. The van der Waals surface area contributed by atoms with Crippen LogP contribution in [0.1, 0.15) is 44.5 Å². The van der Waals surface area contributed by atoms with Gasteiger partial charge in [0.1, 0.15) is 11.7 Å². The molecule has 0 radical (unpaired) electrons. The Labute approximate surface area is 188 Å². The number of likely N-dealkylation sites (N-methyl/N-ethyl adjacent to an activating group) is 1. The molecule has 1 heterocycles. The summed E-state index contributed by atoms with van der Waals surface area (Å²) in [5, 5.41) is 6.58. The summed E-state index contributed by atoms with van der Waals surface area (Å²) < 4.78 is 35.4. The van der Waals surface area contributed by atoms with E-state index in [9.17, 15) is 23.2 Å². The molecule has 0 unspecified atom stereocenters. The van der Waals surface area contributed by atoms with Gasteiger partial charge >= 0.3 is 5.97 Å². The first-order valence-corrected chi connectivity index (χ1v) is 10.6. The van der Waals surface area contributed by atoms with Crippen LogP contribution in [-0.4, -0.2) is 35.4 Å². The topological polar surface area (TPSA) is 102 Å². The number of carbonyl (C=O) groups is 3. The zero-order chi connectivity index (χ0) is 24.1. The lowest BCUT2D eigenvalue weighted by Crippen LogP contribution is -2.33. The van der Waals surface area contributed by atoms with E-state index in [4.69, 9.17) is 4.74 Å². The Morgan fingerprint density at radius 2 is 1.84 bits per heavy atom. The van der Waals surface area contributed by atoms with Crippen molar-refractivity contribution in [1.29, 1.82) is 0 Å². The summed E-state index contributed by atoms with van der Waals surface area (Å²) in [4.78, 5) is 40.3.